The van der Waals surface area contributed by atoms with E-state index in [1.165, 1.54) is 37.7 Å². The van der Waals surface area contributed by atoms with Crippen molar-refractivity contribution in [1.82, 2.24) is 0 Å². The summed E-state index contributed by atoms with van der Waals surface area (Å²) in [6.07, 6.45) is 14.6. The van der Waals surface area contributed by atoms with Crippen LogP contribution in [0.5, 0.6) is 0 Å². The van der Waals surface area contributed by atoms with Gasteiger partial charge in [0.2, 0.25) is 0 Å². The van der Waals surface area contributed by atoms with Crippen LogP contribution in [0, 0.1) is 50.7 Å². The molecule has 4 saturated carbocycles. The highest BCUT2D eigenvalue weighted by molar-refractivity contribution is 5.78. The van der Waals surface area contributed by atoms with Crippen LogP contribution in [0.25, 0.3) is 0 Å². The van der Waals surface area contributed by atoms with Crippen molar-refractivity contribution in [2.45, 2.75) is 106 Å². The lowest BCUT2D eigenvalue weighted by Crippen LogP contribution is -2.61. The predicted molar refractivity (Wildman–Crippen MR) is 136 cm³/mol. The first kappa shape index (κ1) is 23.7. The fourth-order valence-electron chi connectivity index (χ4n) is 10.5. The molecule has 184 valence electrons. The minimum absolute atomic E-state index is 0.0639. The minimum Gasteiger partial charge on any atom is -0.469 e. The lowest BCUT2D eigenvalue weighted by atomic mass is 9.36. The van der Waals surface area contributed by atoms with Crippen molar-refractivity contribution in [3.05, 3.63) is 23.8 Å². The molecule has 5 aliphatic carbocycles. The molecule has 5 rings (SSSR count). The van der Waals surface area contributed by atoms with Gasteiger partial charge in [-0.05, 0) is 116 Å². The highest BCUT2D eigenvalue weighted by Gasteiger charge is 2.68. The molecule has 0 N–H and O–H groups in total. The maximum atomic E-state index is 13.3. The number of rotatable bonds is 2. The second-order valence-electron chi connectivity index (χ2n) is 14.4. The molecule has 0 saturated heterocycles. The van der Waals surface area contributed by atoms with Crippen LogP contribution in [0.15, 0.2) is 23.8 Å². The number of hydrogen-bond acceptors (Lipinski definition) is 2. The number of methoxy groups -OCH3 is 1. The van der Waals surface area contributed by atoms with Crippen molar-refractivity contribution < 1.29 is 9.53 Å². The fourth-order valence-corrected chi connectivity index (χ4v) is 10.5. The van der Waals surface area contributed by atoms with E-state index in [2.05, 4.69) is 54.2 Å². The zero-order valence-corrected chi connectivity index (χ0v) is 22.5. The second-order valence-corrected chi connectivity index (χ2v) is 14.4. The van der Waals surface area contributed by atoms with Crippen molar-refractivity contribution in [3.8, 4) is 0 Å². The van der Waals surface area contributed by atoms with Gasteiger partial charge in [-0.3, -0.25) is 4.79 Å². The standard InChI is InChI=1S/C31H48O2/c1-20(2)21-11-13-28(5)22(21)12-14-30(7)25(28)10-9-23-24-19-27(3,4)15-17-31(24,26(32)33-8)18-16-29(23,30)6/h9,21-22,24-25H,1,10-19H2,2-8H3/t21?,22-,24-,25+,28-,29+,30+,31-/m0/s1. The number of fused-ring (bicyclic) bond motifs is 7. The summed E-state index contributed by atoms with van der Waals surface area (Å²) in [5, 5.41) is 0. The topological polar surface area (TPSA) is 26.3 Å². The van der Waals surface area contributed by atoms with Crippen molar-refractivity contribution in [2.75, 3.05) is 7.11 Å². The first-order chi connectivity index (χ1) is 15.3. The van der Waals surface area contributed by atoms with Crippen LogP contribution in [0.4, 0.5) is 0 Å². The molecule has 33 heavy (non-hydrogen) atoms. The number of esters is 1. The average molecular weight is 453 g/mol. The van der Waals surface area contributed by atoms with Crippen molar-refractivity contribution in [2.24, 2.45) is 50.7 Å². The molecular formula is C31H48O2. The second kappa shape index (κ2) is 7.23. The SMILES string of the molecule is C=C(C)C1CC[C@]2(C)[C@H]3CC=C4[C@@H]5CC(C)(C)CC[C@]5(C(=O)OC)CC[C@@]4(C)[C@]3(C)CC[C@@H]12. The van der Waals surface area contributed by atoms with Crippen LogP contribution in [-0.2, 0) is 9.53 Å². The molecule has 4 fully saturated rings. The molecule has 2 heteroatoms. The van der Waals surface area contributed by atoms with E-state index in [-0.39, 0.29) is 16.8 Å². The lowest BCUT2D eigenvalue weighted by molar-refractivity contribution is -0.174. The van der Waals surface area contributed by atoms with E-state index in [9.17, 15) is 4.79 Å². The monoisotopic (exact) mass is 452 g/mol. The van der Waals surface area contributed by atoms with Gasteiger partial charge in [-0.25, -0.2) is 0 Å². The Bertz CT molecular complexity index is 897. The van der Waals surface area contributed by atoms with Crippen LogP contribution >= 0.6 is 0 Å². The molecule has 0 aromatic heterocycles. The first-order valence-corrected chi connectivity index (χ1v) is 13.8. The van der Waals surface area contributed by atoms with Gasteiger partial charge < -0.3 is 4.74 Å². The molecule has 0 bridgehead atoms. The smallest absolute Gasteiger partial charge is 0.312 e. The van der Waals surface area contributed by atoms with Crippen LogP contribution in [0.2, 0.25) is 0 Å². The molecular weight excluding hydrogens is 404 g/mol. The molecule has 0 aliphatic heterocycles. The van der Waals surface area contributed by atoms with E-state index in [0.29, 0.717) is 22.2 Å². The average Bonchev–Trinajstić information content (AvgIpc) is 3.10. The Kier molecular flexibility index (Phi) is 5.19. The Morgan fingerprint density at radius 1 is 1.00 bits per heavy atom. The third-order valence-corrected chi connectivity index (χ3v) is 12.7. The van der Waals surface area contributed by atoms with E-state index in [1.807, 2.05) is 0 Å². The molecule has 0 aromatic carbocycles. The first-order valence-electron chi connectivity index (χ1n) is 13.8. The highest BCUT2D eigenvalue weighted by atomic mass is 16.5. The van der Waals surface area contributed by atoms with Crippen LogP contribution in [-0.4, -0.2) is 13.1 Å². The van der Waals surface area contributed by atoms with Gasteiger partial charge in [-0.2, -0.15) is 0 Å². The largest absolute Gasteiger partial charge is 0.469 e. The number of hydrogen-bond donors (Lipinski definition) is 0. The number of allylic oxidation sites excluding steroid dienone is 3. The number of ether oxygens (including phenoxy) is 1. The summed E-state index contributed by atoms with van der Waals surface area (Å²) in [5.41, 5.74) is 3.99. The highest BCUT2D eigenvalue weighted by Crippen LogP contribution is 2.75. The van der Waals surface area contributed by atoms with E-state index < -0.39 is 0 Å². The molecule has 1 unspecified atom stereocenters. The van der Waals surface area contributed by atoms with Crippen molar-refractivity contribution in [3.63, 3.8) is 0 Å². The van der Waals surface area contributed by atoms with Crippen LogP contribution < -0.4 is 0 Å². The molecule has 5 aliphatic rings. The maximum Gasteiger partial charge on any atom is 0.312 e. The fraction of sp³-hybridized carbons (Fsp3) is 0.839. The van der Waals surface area contributed by atoms with Gasteiger partial charge in [-0.1, -0.05) is 58.4 Å². The summed E-state index contributed by atoms with van der Waals surface area (Å²) >= 11 is 0. The molecule has 0 amide bonds. The normalized spacial score (nSPS) is 50.2. The van der Waals surface area contributed by atoms with E-state index in [1.54, 1.807) is 12.7 Å². The summed E-state index contributed by atoms with van der Waals surface area (Å²) in [6, 6.07) is 0. The van der Waals surface area contributed by atoms with Gasteiger partial charge in [0.05, 0.1) is 12.5 Å². The number of carbonyl (C=O) groups is 1. The summed E-state index contributed by atoms with van der Waals surface area (Å²) < 4.78 is 5.50. The molecule has 2 nitrogen and oxygen atoms in total. The Morgan fingerprint density at radius 2 is 1.70 bits per heavy atom. The van der Waals surface area contributed by atoms with Crippen LogP contribution in [0.1, 0.15) is 106 Å². The third kappa shape index (κ3) is 2.94. The maximum absolute atomic E-state index is 13.3. The Labute approximate surface area is 203 Å². The minimum atomic E-state index is -0.293. The molecule has 0 aromatic rings. The molecule has 0 spiro atoms. The van der Waals surface area contributed by atoms with E-state index in [4.69, 9.17) is 4.74 Å². The van der Waals surface area contributed by atoms with Gasteiger partial charge in [-0.15, -0.1) is 0 Å². The lowest BCUT2D eigenvalue weighted by Gasteiger charge is -2.68. The van der Waals surface area contributed by atoms with Gasteiger partial charge in [0.15, 0.2) is 0 Å². The van der Waals surface area contributed by atoms with Crippen LogP contribution in [0.3, 0.4) is 0 Å². The predicted octanol–water partition coefficient (Wildman–Crippen LogP) is 8.13. The Balaban J connectivity index is 1.58. The van der Waals surface area contributed by atoms with Gasteiger partial charge in [0.1, 0.15) is 0 Å². The summed E-state index contributed by atoms with van der Waals surface area (Å²) in [5.74, 6) is 2.67. The zero-order chi connectivity index (χ0) is 24.0. The van der Waals surface area contributed by atoms with E-state index >= 15 is 0 Å². The van der Waals surface area contributed by atoms with Crippen molar-refractivity contribution >= 4 is 5.97 Å². The summed E-state index contributed by atoms with van der Waals surface area (Å²) in [6.45, 7) is 19.4. The molecule has 8 atom stereocenters. The van der Waals surface area contributed by atoms with Crippen molar-refractivity contribution in [1.29, 1.82) is 0 Å². The van der Waals surface area contributed by atoms with Gasteiger partial charge in [0.25, 0.3) is 0 Å². The Morgan fingerprint density at radius 3 is 2.36 bits per heavy atom. The molecule has 0 radical (unpaired) electrons. The molecule has 0 heterocycles. The zero-order valence-electron chi connectivity index (χ0n) is 22.5. The van der Waals surface area contributed by atoms with Gasteiger partial charge in [0, 0.05) is 0 Å². The van der Waals surface area contributed by atoms with E-state index in [0.717, 1.165) is 49.9 Å². The number of carbonyl (C=O) groups excluding carboxylic acids is 1. The third-order valence-electron chi connectivity index (χ3n) is 12.7. The van der Waals surface area contributed by atoms with Gasteiger partial charge >= 0.3 is 5.97 Å². The summed E-state index contributed by atoms with van der Waals surface area (Å²) in [7, 11) is 1.61. The Hall–Kier alpha value is -1.05. The quantitative estimate of drug-likeness (QED) is 0.312. The summed E-state index contributed by atoms with van der Waals surface area (Å²) in [4.78, 5) is 13.3.